The topological polar surface area (TPSA) is 235 Å². The number of benzene rings is 1. The fourth-order valence-electron chi connectivity index (χ4n) is 6.26. The highest BCUT2D eigenvalue weighted by Crippen LogP contribution is 2.54. The number of aromatic hydroxyl groups is 1. The number of carbonyl (C=O) groups excluding carboxylic acids is 4. The minimum atomic E-state index is -2.80. The Morgan fingerprint density at radius 2 is 1.79 bits per heavy atom. The van der Waals surface area contributed by atoms with Crippen LogP contribution in [0.3, 0.4) is 0 Å². The van der Waals surface area contributed by atoms with Crippen molar-refractivity contribution in [3.05, 3.63) is 39.0 Å². The SMILES string of the molecule is CN(N=O)c1cc(NC(=O)CNC(C)(C)C)c(O)c2c1C[C@H]1C[C@H]3[C@H](N(C)C)C(=O)C(C(N)=O)=C(O)[C@@]3(O)C(=O)C1=C2O. The Balaban J connectivity index is 1.91. The normalized spacial score (nSPS) is 25.3. The first kappa shape index (κ1) is 31.6. The van der Waals surface area contributed by atoms with Crippen LogP contribution in [0.15, 0.2) is 28.3 Å². The Labute approximate surface area is 247 Å². The monoisotopic (exact) mass is 600 g/mol. The number of aliphatic hydroxyl groups excluding tert-OH is 2. The minimum absolute atomic E-state index is 0.0584. The molecule has 3 aliphatic rings. The molecule has 0 spiro atoms. The van der Waals surface area contributed by atoms with Crippen LogP contribution in [0.25, 0.3) is 5.76 Å². The molecule has 0 unspecified atom stereocenters. The first-order valence-corrected chi connectivity index (χ1v) is 13.5. The predicted molar refractivity (Wildman–Crippen MR) is 155 cm³/mol. The molecule has 8 N–H and O–H groups in total. The number of carbonyl (C=O) groups is 4. The number of likely N-dealkylation sites (N-methyl/N-ethyl adjacent to an activating group) is 1. The zero-order chi connectivity index (χ0) is 32.3. The lowest BCUT2D eigenvalue weighted by Crippen LogP contribution is -2.65. The molecule has 0 radical (unpaired) electrons. The third-order valence-electron chi connectivity index (χ3n) is 8.22. The quantitative estimate of drug-likeness (QED) is 0.0975. The van der Waals surface area contributed by atoms with Gasteiger partial charge in [0.15, 0.2) is 11.4 Å². The van der Waals surface area contributed by atoms with Crippen molar-refractivity contribution >= 4 is 40.5 Å². The summed E-state index contributed by atoms with van der Waals surface area (Å²) in [6, 6.07) is 0.0773. The number of ketones is 2. The minimum Gasteiger partial charge on any atom is -0.508 e. The van der Waals surface area contributed by atoms with E-state index in [0.717, 1.165) is 5.01 Å². The van der Waals surface area contributed by atoms with E-state index in [0.29, 0.717) is 0 Å². The molecular formula is C28H36N6O9. The second kappa shape index (κ2) is 10.7. The van der Waals surface area contributed by atoms with E-state index in [1.807, 2.05) is 20.8 Å². The average molecular weight is 601 g/mol. The van der Waals surface area contributed by atoms with Gasteiger partial charge in [0.25, 0.3) is 5.91 Å². The van der Waals surface area contributed by atoms with Crippen molar-refractivity contribution in [3.8, 4) is 5.75 Å². The predicted octanol–water partition coefficient (Wildman–Crippen LogP) is 0.408. The molecular weight excluding hydrogens is 564 g/mol. The Morgan fingerprint density at radius 1 is 1.16 bits per heavy atom. The van der Waals surface area contributed by atoms with Crippen molar-refractivity contribution in [1.82, 2.24) is 10.2 Å². The summed E-state index contributed by atoms with van der Waals surface area (Å²) in [5, 5.41) is 54.9. The van der Waals surface area contributed by atoms with Gasteiger partial charge in [-0.05, 0) is 65.3 Å². The van der Waals surface area contributed by atoms with Gasteiger partial charge < -0.3 is 36.8 Å². The summed E-state index contributed by atoms with van der Waals surface area (Å²) in [5.41, 5.74) is 0.720. The van der Waals surface area contributed by atoms with Crippen LogP contribution in [0.5, 0.6) is 5.75 Å². The molecule has 1 saturated carbocycles. The number of nitrogens with one attached hydrogen (secondary N) is 2. The van der Waals surface area contributed by atoms with E-state index in [4.69, 9.17) is 5.73 Å². The second-order valence-electron chi connectivity index (χ2n) is 12.4. The van der Waals surface area contributed by atoms with E-state index in [1.165, 1.54) is 32.1 Å². The van der Waals surface area contributed by atoms with Crippen molar-refractivity contribution in [2.24, 2.45) is 22.9 Å². The highest BCUT2D eigenvalue weighted by Gasteiger charge is 2.64. The molecule has 43 heavy (non-hydrogen) atoms. The third kappa shape index (κ3) is 5.02. The highest BCUT2D eigenvalue weighted by atomic mass is 16.3. The van der Waals surface area contributed by atoms with Gasteiger partial charge in [0.2, 0.25) is 11.7 Å². The van der Waals surface area contributed by atoms with Crippen LogP contribution in [0.1, 0.15) is 38.3 Å². The maximum Gasteiger partial charge on any atom is 0.255 e. The van der Waals surface area contributed by atoms with Crippen LogP contribution in [-0.4, -0.2) is 93.6 Å². The number of nitrogens with two attached hydrogens (primary N) is 1. The molecule has 0 aliphatic heterocycles. The number of hydrogen-bond donors (Lipinski definition) is 7. The number of hydrogen-bond acceptors (Lipinski definition) is 12. The zero-order valence-electron chi connectivity index (χ0n) is 24.7. The Hall–Kier alpha value is -4.34. The maximum atomic E-state index is 14.0. The molecule has 0 saturated heterocycles. The number of aliphatic hydroxyl groups is 3. The Bertz CT molecular complexity index is 1510. The lowest BCUT2D eigenvalue weighted by atomic mass is 9.57. The van der Waals surface area contributed by atoms with Crippen LogP contribution in [0, 0.1) is 16.7 Å². The number of anilines is 2. The van der Waals surface area contributed by atoms with Gasteiger partial charge >= 0.3 is 0 Å². The zero-order valence-corrected chi connectivity index (χ0v) is 24.7. The molecule has 15 nitrogen and oxygen atoms in total. The first-order valence-electron chi connectivity index (χ1n) is 13.5. The summed E-state index contributed by atoms with van der Waals surface area (Å²) in [6.45, 7) is 5.41. The summed E-state index contributed by atoms with van der Waals surface area (Å²) in [7, 11) is 4.33. The van der Waals surface area contributed by atoms with Crippen molar-refractivity contribution in [2.75, 3.05) is 38.0 Å². The van der Waals surface area contributed by atoms with Gasteiger partial charge in [0, 0.05) is 24.1 Å². The lowest BCUT2D eigenvalue weighted by Gasteiger charge is -2.50. The number of fused-ring (bicyclic) bond motifs is 3. The number of Topliss-reactive ketones (excluding diaryl/α,β-unsaturated/α-hetero) is 2. The van der Waals surface area contributed by atoms with E-state index >= 15 is 0 Å². The standard InChI is InChI=1S/C28H36N6O9/c1-27(2,3)30-10-16(35)31-14-9-15(34(6)32-43)12-7-11-8-13-20(33(4)5)23(38)19(26(29)41)25(40)28(13,42)24(39)17(11)22(37)18(12)21(14)36/h9,11,13,20,30,36-37,40,42H,7-8,10H2,1-6H3,(H2,29,41)(H,31,35)/t11-,13-,20-,28-/m0/s1. The van der Waals surface area contributed by atoms with Gasteiger partial charge in [0.1, 0.15) is 22.8 Å². The van der Waals surface area contributed by atoms with Gasteiger partial charge in [-0.1, -0.05) is 0 Å². The number of primary amides is 1. The van der Waals surface area contributed by atoms with E-state index in [9.17, 15) is 44.5 Å². The molecule has 232 valence electrons. The van der Waals surface area contributed by atoms with Crippen molar-refractivity contribution in [2.45, 2.75) is 50.8 Å². The Kier molecular flexibility index (Phi) is 7.89. The molecule has 0 aromatic heterocycles. The molecule has 4 atom stereocenters. The van der Waals surface area contributed by atoms with Crippen LogP contribution in [0.4, 0.5) is 11.4 Å². The van der Waals surface area contributed by atoms with Gasteiger partial charge in [-0.15, -0.1) is 4.91 Å². The largest absolute Gasteiger partial charge is 0.508 e. The first-order chi connectivity index (χ1) is 19.9. The molecule has 15 heteroatoms. The lowest BCUT2D eigenvalue weighted by molar-refractivity contribution is -0.153. The van der Waals surface area contributed by atoms with Crippen LogP contribution in [0.2, 0.25) is 0 Å². The maximum absolute atomic E-state index is 14.0. The number of phenols is 1. The van der Waals surface area contributed by atoms with E-state index in [-0.39, 0.29) is 47.5 Å². The van der Waals surface area contributed by atoms with Crippen LogP contribution in [-0.2, 0) is 25.6 Å². The van der Waals surface area contributed by atoms with Crippen LogP contribution < -0.4 is 21.4 Å². The molecule has 0 heterocycles. The number of amides is 2. The molecule has 1 aromatic rings. The number of phenolic OH excluding ortho intramolecular Hbond substituents is 1. The molecule has 0 bridgehead atoms. The summed E-state index contributed by atoms with van der Waals surface area (Å²) in [5.74, 6) is -8.62. The van der Waals surface area contributed by atoms with E-state index in [2.05, 4.69) is 15.9 Å². The summed E-state index contributed by atoms with van der Waals surface area (Å²) in [6.07, 6.45) is -0.182. The fraction of sp³-hybridized carbons (Fsp3) is 0.500. The Morgan fingerprint density at radius 3 is 2.33 bits per heavy atom. The van der Waals surface area contributed by atoms with Gasteiger partial charge in [-0.3, -0.25) is 24.1 Å². The average Bonchev–Trinajstić information content (AvgIpc) is 2.89. The van der Waals surface area contributed by atoms with Crippen molar-refractivity contribution in [3.63, 3.8) is 0 Å². The fourth-order valence-corrected chi connectivity index (χ4v) is 6.26. The van der Waals surface area contributed by atoms with E-state index < -0.39 is 75.2 Å². The van der Waals surface area contributed by atoms with Gasteiger partial charge in [-0.2, -0.15) is 0 Å². The highest BCUT2D eigenvalue weighted by molar-refractivity contribution is 6.24. The summed E-state index contributed by atoms with van der Waals surface area (Å²) in [4.78, 5) is 65.1. The third-order valence-corrected chi connectivity index (χ3v) is 8.22. The number of nitroso groups, excluding NO2 is 1. The molecule has 1 aromatic carbocycles. The number of nitrogens with zero attached hydrogens (tertiary/aromatic N) is 3. The van der Waals surface area contributed by atoms with Gasteiger partial charge in [0.05, 0.1) is 34.8 Å². The van der Waals surface area contributed by atoms with Gasteiger partial charge in [-0.25, -0.2) is 5.01 Å². The van der Waals surface area contributed by atoms with Crippen LogP contribution >= 0.6 is 0 Å². The molecule has 4 rings (SSSR count). The smallest absolute Gasteiger partial charge is 0.255 e. The number of rotatable bonds is 7. The molecule has 2 amide bonds. The van der Waals surface area contributed by atoms with Crippen molar-refractivity contribution in [1.29, 1.82) is 0 Å². The van der Waals surface area contributed by atoms with Crippen molar-refractivity contribution < 1.29 is 39.6 Å². The summed E-state index contributed by atoms with van der Waals surface area (Å²) >= 11 is 0. The molecule has 1 fully saturated rings. The summed E-state index contributed by atoms with van der Waals surface area (Å²) < 4.78 is 0. The van der Waals surface area contributed by atoms with E-state index in [1.54, 1.807) is 0 Å². The molecule has 3 aliphatic carbocycles. The second-order valence-corrected chi connectivity index (χ2v) is 12.4.